The van der Waals surface area contributed by atoms with Crippen molar-refractivity contribution >= 4 is 23.1 Å². The number of aromatic nitrogens is 4. The first-order valence-corrected chi connectivity index (χ1v) is 6.46. The molecule has 0 aliphatic rings. The van der Waals surface area contributed by atoms with E-state index in [0.29, 0.717) is 11.5 Å². The minimum Gasteiger partial charge on any atom is -0.393 e. The van der Waals surface area contributed by atoms with E-state index in [1.807, 2.05) is 11.6 Å². The van der Waals surface area contributed by atoms with E-state index >= 15 is 0 Å². The number of nitrogens with zero attached hydrogens (tertiary/aromatic N) is 4. The third-order valence-electron chi connectivity index (χ3n) is 2.78. The summed E-state index contributed by atoms with van der Waals surface area (Å²) in [6, 6.07) is 2.07. The van der Waals surface area contributed by atoms with E-state index in [2.05, 4.69) is 33.4 Å². The van der Waals surface area contributed by atoms with Crippen molar-refractivity contribution in [3.05, 3.63) is 28.9 Å². The Kier molecular flexibility index (Phi) is 4.21. The molecule has 0 spiro atoms. The van der Waals surface area contributed by atoms with Gasteiger partial charge in [-0.1, -0.05) is 11.6 Å². The van der Waals surface area contributed by atoms with E-state index in [1.54, 1.807) is 0 Å². The van der Waals surface area contributed by atoms with Crippen molar-refractivity contribution in [3.8, 4) is 0 Å². The Hall–Kier alpha value is -1.82. The standard InChI is InChI=1S/C12H17ClN6/c1-8-6-9(2)19(18-8)5-3-4-15-12-10(14)11(13)16-7-17-12/h6-7H,3-5,14H2,1-2H3,(H,15,16,17). The Bertz CT molecular complexity index is 565. The first-order chi connectivity index (χ1) is 9.08. The fraction of sp³-hybridized carbons (Fsp3) is 0.417. The average Bonchev–Trinajstić information content (AvgIpc) is 2.68. The molecule has 2 aromatic rings. The largest absolute Gasteiger partial charge is 0.393 e. The molecule has 0 aliphatic heterocycles. The maximum absolute atomic E-state index is 5.82. The van der Waals surface area contributed by atoms with Gasteiger partial charge in [-0.15, -0.1) is 0 Å². The van der Waals surface area contributed by atoms with Gasteiger partial charge >= 0.3 is 0 Å². The Balaban J connectivity index is 1.84. The van der Waals surface area contributed by atoms with Crippen LogP contribution in [-0.2, 0) is 6.54 Å². The second kappa shape index (κ2) is 5.88. The number of hydrogen-bond donors (Lipinski definition) is 2. The van der Waals surface area contributed by atoms with Gasteiger partial charge in [-0.25, -0.2) is 9.97 Å². The maximum atomic E-state index is 5.82. The Morgan fingerprint density at radius 1 is 1.37 bits per heavy atom. The number of hydrogen-bond acceptors (Lipinski definition) is 5. The van der Waals surface area contributed by atoms with Crippen LogP contribution >= 0.6 is 11.6 Å². The van der Waals surface area contributed by atoms with Crippen LogP contribution in [0.15, 0.2) is 12.4 Å². The summed E-state index contributed by atoms with van der Waals surface area (Å²) in [6.07, 6.45) is 2.31. The summed E-state index contributed by atoms with van der Waals surface area (Å²) in [5.74, 6) is 0.577. The van der Waals surface area contributed by atoms with Crippen LogP contribution in [0.3, 0.4) is 0 Å². The van der Waals surface area contributed by atoms with Gasteiger partial charge in [-0.2, -0.15) is 5.10 Å². The molecule has 0 radical (unpaired) electrons. The lowest BCUT2D eigenvalue weighted by atomic mass is 10.3. The van der Waals surface area contributed by atoms with Crippen LogP contribution in [0, 0.1) is 13.8 Å². The zero-order chi connectivity index (χ0) is 13.8. The van der Waals surface area contributed by atoms with Crippen LogP contribution < -0.4 is 11.1 Å². The van der Waals surface area contributed by atoms with Crippen molar-refractivity contribution in [3.63, 3.8) is 0 Å². The highest BCUT2D eigenvalue weighted by Gasteiger charge is 2.05. The highest BCUT2D eigenvalue weighted by atomic mass is 35.5. The van der Waals surface area contributed by atoms with Gasteiger partial charge in [0.1, 0.15) is 12.0 Å². The summed E-state index contributed by atoms with van der Waals surface area (Å²) in [7, 11) is 0. The fourth-order valence-corrected chi connectivity index (χ4v) is 1.99. The van der Waals surface area contributed by atoms with Crippen LogP contribution in [0.1, 0.15) is 17.8 Å². The minimum atomic E-state index is 0.274. The van der Waals surface area contributed by atoms with Gasteiger partial charge in [0.25, 0.3) is 0 Å². The molecule has 0 fully saturated rings. The second-order valence-electron chi connectivity index (χ2n) is 4.36. The molecule has 0 unspecified atom stereocenters. The van der Waals surface area contributed by atoms with Crippen LogP contribution in [0.5, 0.6) is 0 Å². The first-order valence-electron chi connectivity index (χ1n) is 6.09. The summed E-state index contributed by atoms with van der Waals surface area (Å²) < 4.78 is 1.99. The van der Waals surface area contributed by atoms with Gasteiger partial charge in [0.15, 0.2) is 11.0 Å². The third kappa shape index (κ3) is 3.35. The molecule has 0 amide bonds. The van der Waals surface area contributed by atoms with Gasteiger partial charge in [0.2, 0.25) is 0 Å². The molecule has 3 N–H and O–H groups in total. The average molecular weight is 281 g/mol. The Morgan fingerprint density at radius 2 is 2.16 bits per heavy atom. The molecule has 0 aromatic carbocycles. The van der Waals surface area contributed by atoms with Gasteiger partial charge < -0.3 is 11.1 Å². The van der Waals surface area contributed by atoms with Gasteiger partial charge in [-0.3, -0.25) is 4.68 Å². The van der Waals surface area contributed by atoms with Crippen LogP contribution in [-0.4, -0.2) is 26.3 Å². The molecular formula is C12H17ClN6. The lowest BCUT2D eigenvalue weighted by Crippen LogP contribution is -2.11. The number of halogens is 1. The predicted octanol–water partition coefficient (Wildman–Crippen LogP) is 2.03. The number of aryl methyl sites for hydroxylation is 3. The molecule has 0 atom stereocenters. The molecule has 2 aromatic heterocycles. The molecule has 0 aliphatic carbocycles. The van der Waals surface area contributed by atoms with Gasteiger partial charge in [-0.05, 0) is 26.3 Å². The molecular weight excluding hydrogens is 264 g/mol. The Labute approximate surface area is 117 Å². The number of nitrogen functional groups attached to an aromatic ring is 1. The molecule has 6 nitrogen and oxygen atoms in total. The molecule has 102 valence electrons. The lowest BCUT2D eigenvalue weighted by Gasteiger charge is -2.09. The molecule has 7 heteroatoms. The van der Waals surface area contributed by atoms with E-state index in [4.69, 9.17) is 17.3 Å². The smallest absolute Gasteiger partial charge is 0.157 e. The van der Waals surface area contributed by atoms with E-state index in [0.717, 1.165) is 25.2 Å². The number of rotatable bonds is 5. The van der Waals surface area contributed by atoms with E-state index in [-0.39, 0.29) is 5.15 Å². The number of nitrogens with two attached hydrogens (primary N) is 1. The summed E-state index contributed by atoms with van der Waals surface area (Å²) in [6.45, 7) is 5.64. The summed E-state index contributed by atoms with van der Waals surface area (Å²) in [4.78, 5) is 7.86. The van der Waals surface area contributed by atoms with Crippen molar-refractivity contribution in [2.75, 3.05) is 17.6 Å². The second-order valence-corrected chi connectivity index (χ2v) is 4.72. The number of nitrogens with one attached hydrogen (secondary N) is 1. The van der Waals surface area contributed by atoms with Crippen molar-refractivity contribution in [1.29, 1.82) is 0 Å². The highest BCUT2D eigenvalue weighted by Crippen LogP contribution is 2.21. The van der Waals surface area contributed by atoms with E-state index in [1.165, 1.54) is 12.0 Å². The van der Waals surface area contributed by atoms with E-state index < -0.39 is 0 Å². The van der Waals surface area contributed by atoms with Crippen molar-refractivity contribution < 1.29 is 0 Å². The maximum Gasteiger partial charge on any atom is 0.157 e. The first kappa shape index (κ1) is 13.6. The lowest BCUT2D eigenvalue weighted by molar-refractivity contribution is 0.573. The highest BCUT2D eigenvalue weighted by molar-refractivity contribution is 6.32. The van der Waals surface area contributed by atoms with Crippen molar-refractivity contribution in [1.82, 2.24) is 19.7 Å². The van der Waals surface area contributed by atoms with Crippen LogP contribution in [0.4, 0.5) is 11.5 Å². The zero-order valence-electron chi connectivity index (χ0n) is 11.0. The Morgan fingerprint density at radius 3 is 2.84 bits per heavy atom. The van der Waals surface area contributed by atoms with E-state index in [9.17, 15) is 0 Å². The molecule has 0 saturated heterocycles. The summed E-state index contributed by atoms with van der Waals surface area (Å²) >= 11 is 5.82. The molecule has 2 heterocycles. The summed E-state index contributed by atoms with van der Waals surface area (Å²) in [5, 5.41) is 7.83. The minimum absolute atomic E-state index is 0.274. The third-order valence-corrected chi connectivity index (χ3v) is 3.08. The quantitative estimate of drug-likeness (QED) is 0.647. The monoisotopic (exact) mass is 280 g/mol. The van der Waals surface area contributed by atoms with Crippen molar-refractivity contribution in [2.24, 2.45) is 0 Å². The van der Waals surface area contributed by atoms with Crippen LogP contribution in [0.2, 0.25) is 5.15 Å². The molecule has 19 heavy (non-hydrogen) atoms. The fourth-order valence-electron chi connectivity index (χ4n) is 1.85. The summed E-state index contributed by atoms with van der Waals surface area (Å²) in [5.41, 5.74) is 8.36. The van der Waals surface area contributed by atoms with Crippen LogP contribution in [0.25, 0.3) is 0 Å². The normalized spacial score (nSPS) is 10.7. The predicted molar refractivity (Wildman–Crippen MR) is 76.3 cm³/mol. The van der Waals surface area contributed by atoms with Gasteiger partial charge in [0, 0.05) is 18.8 Å². The molecule has 2 rings (SSSR count). The molecule has 0 saturated carbocycles. The SMILES string of the molecule is Cc1cc(C)n(CCCNc2ncnc(Cl)c2N)n1. The van der Waals surface area contributed by atoms with Gasteiger partial charge in [0.05, 0.1) is 5.69 Å². The van der Waals surface area contributed by atoms with Crippen molar-refractivity contribution in [2.45, 2.75) is 26.8 Å². The molecule has 0 bridgehead atoms. The topological polar surface area (TPSA) is 81.7 Å². The number of anilines is 2. The zero-order valence-corrected chi connectivity index (χ0v) is 11.8.